The molecular weight excluding hydrogens is 460 g/mol. The van der Waals surface area contributed by atoms with Gasteiger partial charge in [-0.2, -0.15) is 0 Å². The highest BCUT2D eigenvalue weighted by Gasteiger charge is 2.47. The Morgan fingerprint density at radius 1 is 1.18 bits per heavy atom. The van der Waals surface area contributed by atoms with Gasteiger partial charge in [0.05, 0.1) is 17.4 Å². The fourth-order valence-corrected chi connectivity index (χ4v) is 7.11. The van der Waals surface area contributed by atoms with Crippen LogP contribution in [0.25, 0.3) is 0 Å². The second kappa shape index (κ2) is 9.34. The van der Waals surface area contributed by atoms with Crippen molar-refractivity contribution in [1.82, 2.24) is 5.32 Å². The third-order valence-electron chi connectivity index (χ3n) is 7.53. The van der Waals surface area contributed by atoms with Gasteiger partial charge in [-0.05, 0) is 66.5 Å². The van der Waals surface area contributed by atoms with Crippen molar-refractivity contribution in [2.24, 2.45) is 0 Å². The summed E-state index contributed by atoms with van der Waals surface area (Å²) in [7, 11) is -0.193. The van der Waals surface area contributed by atoms with Crippen LogP contribution in [0.2, 0.25) is 18.1 Å². The number of carbonyl (C=O) groups is 1. The number of anilines is 1. The van der Waals surface area contributed by atoms with E-state index >= 15 is 0 Å². The molecule has 4 rings (SSSR count). The zero-order valence-corrected chi connectivity index (χ0v) is 23.3. The maximum atomic E-state index is 11.9. The number of hydrogen-bond acceptors (Lipinski definition) is 4. The van der Waals surface area contributed by atoms with Gasteiger partial charge in [-0.25, -0.2) is 4.79 Å². The highest BCUT2D eigenvalue weighted by atomic mass is 32.2. The SMILES string of the molecule is C[C@H]1C[C@@](O[Si](C)(C)C(C)(C)C)(c2cccc(Sc3ccc4c(c3)CNC(=O)N4C)c2)CCO1. The number of benzene rings is 2. The summed E-state index contributed by atoms with van der Waals surface area (Å²) in [5.41, 5.74) is 3.04. The Bertz CT molecular complexity index is 1070. The van der Waals surface area contributed by atoms with Crippen molar-refractivity contribution in [3.8, 4) is 0 Å². The summed E-state index contributed by atoms with van der Waals surface area (Å²) in [5, 5.41) is 3.07. The number of rotatable bonds is 5. The lowest BCUT2D eigenvalue weighted by molar-refractivity contribution is -0.0932. The van der Waals surface area contributed by atoms with Crippen LogP contribution in [0.4, 0.5) is 10.5 Å². The number of amides is 2. The van der Waals surface area contributed by atoms with Crippen molar-refractivity contribution in [2.45, 2.75) is 86.7 Å². The average molecular weight is 499 g/mol. The molecule has 2 atom stereocenters. The smallest absolute Gasteiger partial charge is 0.321 e. The first-order valence-corrected chi connectivity index (χ1v) is 15.9. The standard InChI is InChI=1S/C27H38N2O3SSi/c1-19-17-27(13-14-31-19,32-34(6,7)26(2,3)4)21-9-8-10-22(16-21)33-23-11-12-24-20(15-23)18-28-25(30)29(24)5/h8-12,15-16,19H,13-14,17-18H2,1-7H3,(H,28,30)/t19-,27+/m0/s1. The van der Waals surface area contributed by atoms with E-state index in [4.69, 9.17) is 9.16 Å². The Kier molecular flexibility index (Phi) is 6.95. The van der Waals surface area contributed by atoms with E-state index < -0.39 is 8.32 Å². The quantitative estimate of drug-likeness (QED) is 0.455. The molecule has 2 aromatic rings. The predicted octanol–water partition coefficient (Wildman–Crippen LogP) is 6.91. The van der Waals surface area contributed by atoms with E-state index in [9.17, 15) is 4.79 Å². The summed E-state index contributed by atoms with van der Waals surface area (Å²) in [5.74, 6) is 0. The van der Waals surface area contributed by atoms with E-state index in [1.807, 2.05) is 6.07 Å². The highest BCUT2D eigenvalue weighted by molar-refractivity contribution is 7.99. The van der Waals surface area contributed by atoms with Gasteiger partial charge in [-0.15, -0.1) is 0 Å². The molecule has 2 heterocycles. The number of nitrogens with one attached hydrogen (secondary N) is 1. The summed E-state index contributed by atoms with van der Waals surface area (Å²) in [4.78, 5) is 16.0. The molecule has 184 valence electrons. The van der Waals surface area contributed by atoms with Gasteiger partial charge in [0, 0.05) is 42.8 Å². The molecule has 0 unspecified atom stereocenters. The molecule has 7 heteroatoms. The second-order valence-electron chi connectivity index (χ2n) is 11.1. The molecule has 1 N–H and O–H groups in total. The molecule has 0 saturated carbocycles. The van der Waals surface area contributed by atoms with Crippen LogP contribution in [-0.4, -0.2) is 34.1 Å². The minimum absolute atomic E-state index is 0.0571. The van der Waals surface area contributed by atoms with Crippen molar-refractivity contribution in [2.75, 3.05) is 18.6 Å². The second-order valence-corrected chi connectivity index (χ2v) is 17.0. The van der Waals surface area contributed by atoms with Crippen LogP contribution in [0, 0.1) is 0 Å². The van der Waals surface area contributed by atoms with Crippen LogP contribution >= 0.6 is 11.8 Å². The minimum Gasteiger partial charge on any atom is -0.407 e. The molecule has 2 aromatic carbocycles. The van der Waals surface area contributed by atoms with Gasteiger partial charge in [0.2, 0.25) is 0 Å². The van der Waals surface area contributed by atoms with Crippen LogP contribution in [0.5, 0.6) is 0 Å². The molecule has 0 aromatic heterocycles. The molecule has 0 radical (unpaired) electrons. The fourth-order valence-electron chi connectivity index (χ4n) is 4.58. The first-order valence-electron chi connectivity index (χ1n) is 12.1. The molecule has 2 aliphatic heterocycles. The normalized spacial score (nSPS) is 23.4. The lowest BCUT2D eigenvalue weighted by Gasteiger charge is -2.49. The maximum Gasteiger partial charge on any atom is 0.321 e. The molecule has 0 aliphatic carbocycles. The van der Waals surface area contributed by atoms with Crippen molar-refractivity contribution in [1.29, 1.82) is 0 Å². The molecule has 0 spiro atoms. The zero-order chi connectivity index (χ0) is 24.7. The number of nitrogens with zero attached hydrogens (tertiary/aromatic N) is 1. The summed E-state index contributed by atoms with van der Waals surface area (Å²) < 4.78 is 13.1. The zero-order valence-electron chi connectivity index (χ0n) is 21.5. The predicted molar refractivity (Wildman–Crippen MR) is 142 cm³/mol. The lowest BCUT2D eigenvalue weighted by Crippen LogP contribution is -2.51. The maximum absolute atomic E-state index is 11.9. The largest absolute Gasteiger partial charge is 0.407 e. The molecule has 2 aliphatic rings. The van der Waals surface area contributed by atoms with Gasteiger partial charge in [0.15, 0.2) is 8.32 Å². The Balaban J connectivity index is 1.64. The number of carbonyl (C=O) groups excluding carboxylic acids is 1. The first kappa shape index (κ1) is 25.3. The van der Waals surface area contributed by atoms with E-state index in [1.165, 1.54) is 15.4 Å². The minimum atomic E-state index is -2.00. The molecular formula is C27H38N2O3SSi. The van der Waals surface area contributed by atoms with E-state index in [2.05, 4.69) is 82.5 Å². The summed E-state index contributed by atoms with van der Waals surface area (Å²) in [6.07, 6.45) is 1.92. The molecule has 5 nitrogen and oxygen atoms in total. The molecule has 0 bridgehead atoms. The first-order chi connectivity index (χ1) is 15.9. The Morgan fingerprint density at radius 2 is 1.91 bits per heavy atom. The van der Waals surface area contributed by atoms with Crippen LogP contribution in [0.1, 0.15) is 51.7 Å². The van der Waals surface area contributed by atoms with Gasteiger partial charge in [0.1, 0.15) is 0 Å². The van der Waals surface area contributed by atoms with Crippen LogP contribution < -0.4 is 10.2 Å². The van der Waals surface area contributed by atoms with E-state index in [-0.39, 0.29) is 22.8 Å². The van der Waals surface area contributed by atoms with Crippen LogP contribution in [0.15, 0.2) is 52.3 Å². The monoisotopic (exact) mass is 498 g/mol. The average Bonchev–Trinajstić information content (AvgIpc) is 2.75. The molecule has 1 saturated heterocycles. The topological polar surface area (TPSA) is 50.8 Å². The molecule has 1 fully saturated rings. The summed E-state index contributed by atoms with van der Waals surface area (Å²) >= 11 is 1.76. The van der Waals surface area contributed by atoms with E-state index in [0.717, 1.165) is 30.7 Å². The Morgan fingerprint density at radius 3 is 2.62 bits per heavy atom. The number of hydrogen-bond donors (Lipinski definition) is 1. The highest BCUT2D eigenvalue weighted by Crippen LogP contribution is 2.47. The molecule has 2 amide bonds. The third kappa shape index (κ3) is 5.08. The number of urea groups is 1. The number of ether oxygens (including phenoxy) is 1. The Hall–Kier alpha value is -1.80. The van der Waals surface area contributed by atoms with Crippen LogP contribution in [0.3, 0.4) is 0 Å². The van der Waals surface area contributed by atoms with Gasteiger partial charge in [-0.1, -0.05) is 44.7 Å². The fraction of sp³-hybridized carbons (Fsp3) is 0.519. The van der Waals surface area contributed by atoms with Gasteiger partial charge in [-0.3, -0.25) is 4.90 Å². The summed E-state index contributed by atoms with van der Waals surface area (Å²) in [6, 6.07) is 15.1. The Labute approximate surface area is 209 Å². The van der Waals surface area contributed by atoms with Crippen LogP contribution in [-0.2, 0) is 21.3 Å². The van der Waals surface area contributed by atoms with Gasteiger partial charge in [0.25, 0.3) is 0 Å². The molecule has 34 heavy (non-hydrogen) atoms. The lowest BCUT2D eigenvalue weighted by atomic mass is 9.84. The van der Waals surface area contributed by atoms with Gasteiger partial charge >= 0.3 is 6.03 Å². The van der Waals surface area contributed by atoms with Crippen molar-refractivity contribution in [3.05, 3.63) is 53.6 Å². The van der Waals surface area contributed by atoms with E-state index in [0.29, 0.717) is 6.54 Å². The number of fused-ring (bicyclic) bond motifs is 1. The van der Waals surface area contributed by atoms with Crippen molar-refractivity contribution < 1.29 is 14.0 Å². The van der Waals surface area contributed by atoms with Crippen molar-refractivity contribution >= 4 is 31.8 Å². The van der Waals surface area contributed by atoms with Gasteiger partial charge < -0.3 is 14.5 Å². The third-order valence-corrected chi connectivity index (χ3v) is 13.0. The van der Waals surface area contributed by atoms with Crippen molar-refractivity contribution in [3.63, 3.8) is 0 Å². The summed E-state index contributed by atoms with van der Waals surface area (Å²) in [6.45, 7) is 15.0. The van der Waals surface area contributed by atoms with E-state index in [1.54, 1.807) is 23.7 Å².